The third-order valence-corrected chi connectivity index (χ3v) is 3.36. The van der Waals surface area contributed by atoms with Crippen LogP contribution in [0.5, 0.6) is 5.75 Å². The Balaban J connectivity index is 2.05. The monoisotopic (exact) mass is 286 g/mol. The highest BCUT2D eigenvalue weighted by atomic mass is 16.5. The zero-order valence-corrected chi connectivity index (χ0v) is 11.4. The topological polar surface area (TPSA) is 65.7 Å². The molecule has 0 amide bonds. The summed E-state index contributed by atoms with van der Waals surface area (Å²) in [5.74, 6) is -1.08. The molecular formula is C16H14O5. The molecule has 0 bridgehead atoms. The molecule has 0 saturated carbocycles. The van der Waals surface area contributed by atoms with Crippen molar-refractivity contribution >= 4 is 11.8 Å². The molecule has 0 fully saturated rings. The quantitative estimate of drug-likeness (QED) is 0.641. The molecule has 1 aliphatic rings. The normalized spacial score (nSPS) is 20.5. The number of carbonyl (C=O) groups is 2. The largest absolute Gasteiger partial charge is 0.480 e. The Labute approximate surface area is 121 Å². The number of para-hydroxylation sites is 1. The number of Topliss-reactive ketones (excluding diaryl/α,β-unsaturated/α-hetero) is 1. The van der Waals surface area contributed by atoms with Crippen molar-refractivity contribution < 1.29 is 23.5 Å². The van der Waals surface area contributed by atoms with Gasteiger partial charge in [-0.05, 0) is 31.2 Å². The summed E-state index contributed by atoms with van der Waals surface area (Å²) in [6, 6.07) is 10.2. The van der Waals surface area contributed by atoms with Gasteiger partial charge < -0.3 is 13.9 Å². The van der Waals surface area contributed by atoms with Crippen molar-refractivity contribution in [1.29, 1.82) is 0 Å². The Kier molecular flexibility index (Phi) is 3.48. The van der Waals surface area contributed by atoms with Crippen molar-refractivity contribution in [3.8, 4) is 5.75 Å². The second-order valence-electron chi connectivity index (χ2n) is 4.64. The maximum atomic E-state index is 12.6. The first kappa shape index (κ1) is 13.4. The summed E-state index contributed by atoms with van der Waals surface area (Å²) in [6.07, 6.45) is 0.674. The van der Waals surface area contributed by atoms with Crippen LogP contribution < -0.4 is 4.74 Å². The lowest BCUT2D eigenvalue weighted by atomic mass is 9.88. The lowest BCUT2D eigenvalue weighted by Gasteiger charge is -2.29. The van der Waals surface area contributed by atoms with Gasteiger partial charge in [-0.3, -0.25) is 9.59 Å². The summed E-state index contributed by atoms with van der Waals surface area (Å²) in [5, 5.41) is 0. The number of rotatable bonds is 3. The zero-order valence-electron chi connectivity index (χ0n) is 11.4. The van der Waals surface area contributed by atoms with E-state index in [9.17, 15) is 9.59 Å². The van der Waals surface area contributed by atoms with Crippen LogP contribution in [0.25, 0.3) is 0 Å². The zero-order chi connectivity index (χ0) is 14.8. The molecule has 1 aromatic heterocycles. The van der Waals surface area contributed by atoms with Crippen LogP contribution in [0.15, 0.2) is 47.1 Å². The second kappa shape index (κ2) is 5.44. The van der Waals surface area contributed by atoms with E-state index in [1.165, 1.54) is 6.26 Å². The first-order chi connectivity index (χ1) is 10.2. The van der Waals surface area contributed by atoms with Gasteiger partial charge in [0.2, 0.25) is 0 Å². The maximum absolute atomic E-state index is 12.6. The highest BCUT2D eigenvalue weighted by Crippen LogP contribution is 2.39. The molecule has 0 radical (unpaired) electrons. The lowest BCUT2D eigenvalue weighted by molar-refractivity contribution is -0.149. The number of ketones is 1. The van der Waals surface area contributed by atoms with Crippen LogP contribution in [-0.4, -0.2) is 18.4 Å². The first-order valence-corrected chi connectivity index (χ1v) is 6.72. The van der Waals surface area contributed by atoms with Gasteiger partial charge in [0.25, 0.3) is 0 Å². The Morgan fingerprint density at radius 1 is 1.24 bits per heavy atom. The fraction of sp³-hybridized carbons (Fsp3) is 0.250. The number of esters is 1. The van der Waals surface area contributed by atoms with E-state index < -0.39 is 18.0 Å². The van der Waals surface area contributed by atoms with E-state index in [2.05, 4.69) is 0 Å². The smallest absolute Gasteiger partial charge is 0.321 e. The average Bonchev–Trinajstić information content (AvgIpc) is 3.01. The third kappa shape index (κ3) is 2.31. The highest BCUT2D eigenvalue weighted by molar-refractivity contribution is 6.11. The molecule has 1 aromatic carbocycles. The fourth-order valence-corrected chi connectivity index (χ4v) is 2.42. The SMILES string of the molecule is CCOC(=O)C1C(=O)c2ccccc2OC1c1ccco1. The van der Waals surface area contributed by atoms with Crippen molar-refractivity contribution in [1.82, 2.24) is 0 Å². The molecular weight excluding hydrogens is 272 g/mol. The number of furan rings is 1. The van der Waals surface area contributed by atoms with Gasteiger partial charge in [0.05, 0.1) is 18.4 Å². The van der Waals surface area contributed by atoms with Gasteiger partial charge >= 0.3 is 5.97 Å². The second-order valence-corrected chi connectivity index (χ2v) is 4.64. The van der Waals surface area contributed by atoms with Gasteiger partial charge in [0, 0.05) is 0 Å². The molecule has 0 saturated heterocycles. The van der Waals surface area contributed by atoms with E-state index in [4.69, 9.17) is 13.9 Å². The van der Waals surface area contributed by atoms with Crippen LogP contribution in [0.2, 0.25) is 0 Å². The van der Waals surface area contributed by atoms with Crippen LogP contribution in [0, 0.1) is 5.92 Å². The van der Waals surface area contributed by atoms with Crippen LogP contribution in [-0.2, 0) is 9.53 Å². The Hall–Kier alpha value is -2.56. The molecule has 21 heavy (non-hydrogen) atoms. The number of hydrogen-bond acceptors (Lipinski definition) is 5. The molecule has 108 valence electrons. The summed E-state index contributed by atoms with van der Waals surface area (Å²) in [7, 11) is 0. The molecule has 2 heterocycles. The lowest BCUT2D eigenvalue weighted by Crippen LogP contribution is -2.38. The van der Waals surface area contributed by atoms with Crippen molar-refractivity contribution in [3.05, 3.63) is 54.0 Å². The van der Waals surface area contributed by atoms with Crippen molar-refractivity contribution in [2.75, 3.05) is 6.61 Å². The molecule has 2 atom stereocenters. The Morgan fingerprint density at radius 3 is 2.76 bits per heavy atom. The summed E-state index contributed by atoms with van der Waals surface area (Å²) < 4.78 is 16.1. The van der Waals surface area contributed by atoms with Crippen LogP contribution in [0.4, 0.5) is 0 Å². The summed E-state index contributed by atoms with van der Waals surface area (Å²) >= 11 is 0. The highest BCUT2D eigenvalue weighted by Gasteiger charge is 2.45. The van der Waals surface area contributed by atoms with E-state index >= 15 is 0 Å². The Morgan fingerprint density at radius 2 is 2.05 bits per heavy atom. The van der Waals surface area contributed by atoms with E-state index in [1.807, 2.05) is 0 Å². The summed E-state index contributed by atoms with van der Waals surface area (Å²) in [6.45, 7) is 1.90. The van der Waals surface area contributed by atoms with Crippen LogP contribution in [0.3, 0.4) is 0 Å². The van der Waals surface area contributed by atoms with Gasteiger partial charge in [-0.25, -0.2) is 0 Å². The molecule has 1 aliphatic heterocycles. The predicted molar refractivity (Wildman–Crippen MR) is 73.0 cm³/mol. The van der Waals surface area contributed by atoms with Gasteiger partial charge in [0.1, 0.15) is 11.5 Å². The number of benzene rings is 1. The number of ether oxygens (including phenoxy) is 2. The molecule has 2 unspecified atom stereocenters. The third-order valence-electron chi connectivity index (χ3n) is 3.36. The maximum Gasteiger partial charge on any atom is 0.321 e. The van der Waals surface area contributed by atoms with Crippen molar-refractivity contribution in [2.45, 2.75) is 13.0 Å². The van der Waals surface area contributed by atoms with Crippen LogP contribution in [0.1, 0.15) is 29.1 Å². The molecule has 2 aromatic rings. The van der Waals surface area contributed by atoms with Crippen LogP contribution >= 0.6 is 0 Å². The summed E-state index contributed by atoms with van der Waals surface area (Å²) in [5.41, 5.74) is 0.387. The van der Waals surface area contributed by atoms with E-state index in [0.29, 0.717) is 17.1 Å². The van der Waals surface area contributed by atoms with Gasteiger partial charge in [-0.1, -0.05) is 12.1 Å². The summed E-state index contributed by atoms with van der Waals surface area (Å²) in [4.78, 5) is 24.8. The first-order valence-electron chi connectivity index (χ1n) is 6.72. The van der Waals surface area contributed by atoms with E-state index in [0.717, 1.165) is 0 Å². The predicted octanol–water partition coefficient (Wildman–Crippen LogP) is 2.78. The fourth-order valence-electron chi connectivity index (χ4n) is 2.42. The number of fused-ring (bicyclic) bond motifs is 1. The minimum absolute atomic E-state index is 0.204. The standard InChI is InChI=1S/C16H14O5/c1-2-19-16(18)13-14(17)10-6-3-4-7-11(10)21-15(13)12-8-5-9-20-12/h3-9,13,15H,2H2,1H3. The molecule has 3 rings (SSSR count). The van der Waals surface area contributed by atoms with E-state index in [1.54, 1.807) is 43.3 Å². The average molecular weight is 286 g/mol. The number of hydrogen-bond donors (Lipinski definition) is 0. The van der Waals surface area contributed by atoms with E-state index in [-0.39, 0.29) is 12.4 Å². The van der Waals surface area contributed by atoms with Crippen molar-refractivity contribution in [3.63, 3.8) is 0 Å². The van der Waals surface area contributed by atoms with Crippen molar-refractivity contribution in [2.24, 2.45) is 5.92 Å². The molecule has 5 nitrogen and oxygen atoms in total. The van der Waals surface area contributed by atoms with Gasteiger partial charge in [-0.2, -0.15) is 0 Å². The van der Waals surface area contributed by atoms with Gasteiger partial charge in [-0.15, -0.1) is 0 Å². The number of carbonyl (C=O) groups excluding carboxylic acids is 2. The molecule has 0 N–H and O–H groups in total. The minimum Gasteiger partial charge on any atom is -0.480 e. The van der Waals surface area contributed by atoms with Gasteiger partial charge in [0.15, 0.2) is 17.8 Å². The Bertz CT molecular complexity index is 659. The molecule has 5 heteroatoms. The molecule has 0 aliphatic carbocycles. The minimum atomic E-state index is -1.05. The molecule has 0 spiro atoms.